The highest BCUT2D eigenvalue weighted by atomic mass is 35.5. The van der Waals surface area contributed by atoms with Crippen molar-refractivity contribution in [2.24, 2.45) is 0 Å². The van der Waals surface area contributed by atoms with Crippen LogP contribution in [0.1, 0.15) is 12.5 Å². The first-order valence-corrected chi connectivity index (χ1v) is 6.66. The molecule has 0 aliphatic carbocycles. The predicted molar refractivity (Wildman–Crippen MR) is 78.5 cm³/mol. The van der Waals surface area contributed by atoms with E-state index in [9.17, 15) is 9.59 Å². The summed E-state index contributed by atoms with van der Waals surface area (Å²) in [4.78, 5) is 24.2. The summed E-state index contributed by atoms with van der Waals surface area (Å²) in [6.07, 6.45) is 1.54. The predicted octanol–water partition coefficient (Wildman–Crippen LogP) is 2.27. The first-order valence-electron chi connectivity index (χ1n) is 6.29. The Morgan fingerprint density at radius 2 is 2.10 bits per heavy atom. The molecule has 0 spiro atoms. The van der Waals surface area contributed by atoms with Gasteiger partial charge in [0.1, 0.15) is 5.70 Å². The van der Waals surface area contributed by atoms with Crippen LogP contribution in [-0.2, 0) is 4.79 Å². The lowest BCUT2D eigenvalue weighted by Crippen LogP contribution is -2.25. The monoisotopic (exact) mass is 310 g/mol. The van der Waals surface area contributed by atoms with Crippen molar-refractivity contribution in [1.82, 2.24) is 10.2 Å². The largest absolute Gasteiger partial charge is 0.493 e. The van der Waals surface area contributed by atoms with Gasteiger partial charge in [0.2, 0.25) is 0 Å². The van der Waals surface area contributed by atoms with Gasteiger partial charge in [0.25, 0.3) is 5.91 Å². The van der Waals surface area contributed by atoms with Gasteiger partial charge in [-0.05, 0) is 30.7 Å². The number of imide groups is 1. The Hall–Kier alpha value is -2.21. The van der Waals surface area contributed by atoms with Crippen LogP contribution in [-0.4, -0.2) is 37.6 Å². The second-order valence-corrected chi connectivity index (χ2v) is 4.73. The van der Waals surface area contributed by atoms with Gasteiger partial charge in [-0.3, -0.25) is 9.69 Å². The molecule has 112 valence electrons. The van der Waals surface area contributed by atoms with Crippen molar-refractivity contribution in [3.8, 4) is 11.5 Å². The fourth-order valence-electron chi connectivity index (χ4n) is 1.90. The highest BCUT2D eigenvalue weighted by Gasteiger charge is 2.30. The quantitative estimate of drug-likeness (QED) is 0.684. The number of nitrogens with zero attached hydrogens (tertiary/aromatic N) is 1. The molecule has 21 heavy (non-hydrogen) atoms. The normalized spacial score (nSPS) is 16.4. The van der Waals surface area contributed by atoms with E-state index in [-0.39, 0.29) is 5.70 Å². The molecular formula is C14H15ClN2O4. The number of hydrogen-bond donors (Lipinski definition) is 1. The molecule has 1 aromatic rings. The summed E-state index contributed by atoms with van der Waals surface area (Å²) < 4.78 is 10.6. The van der Waals surface area contributed by atoms with Gasteiger partial charge in [0.15, 0.2) is 11.5 Å². The van der Waals surface area contributed by atoms with Gasteiger partial charge in [-0.15, -0.1) is 0 Å². The first kappa shape index (κ1) is 15.2. The van der Waals surface area contributed by atoms with Crippen molar-refractivity contribution in [2.75, 3.05) is 20.8 Å². The molecule has 0 unspecified atom stereocenters. The maximum atomic E-state index is 11.8. The van der Waals surface area contributed by atoms with Gasteiger partial charge in [-0.2, -0.15) is 0 Å². The summed E-state index contributed by atoms with van der Waals surface area (Å²) in [7, 11) is 2.91. The molecule has 0 bridgehead atoms. The second kappa shape index (κ2) is 6.05. The number of rotatable bonds is 4. The minimum atomic E-state index is -0.463. The smallest absolute Gasteiger partial charge is 0.328 e. The minimum absolute atomic E-state index is 0.185. The standard InChI is InChI=1S/C14H15ClN2O4/c1-4-21-12-9(15)5-8(7-11(12)20-3)6-10-13(18)17(2)14(19)16-10/h5-7H,4H2,1-3H3,(H,16,19)/b10-6+. The number of urea groups is 1. The molecule has 1 aromatic carbocycles. The summed E-state index contributed by atoms with van der Waals surface area (Å²) in [5.41, 5.74) is 0.809. The highest BCUT2D eigenvalue weighted by molar-refractivity contribution is 6.32. The molecule has 3 amide bonds. The van der Waals surface area contributed by atoms with Crippen molar-refractivity contribution in [2.45, 2.75) is 6.92 Å². The maximum absolute atomic E-state index is 11.8. The van der Waals surface area contributed by atoms with Crippen LogP contribution in [0.2, 0.25) is 5.02 Å². The van der Waals surface area contributed by atoms with E-state index in [2.05, 4.69) is 5.32 Å². The summed E-state index contributed by atoms with van der Waals surface area (Å²) in [6.45, 7) is 2.30. The van der Waals surface area contributed by atoms with E-state index in [4.69, 9.17) is 21.1 Å². The SMILES string of the molecule is CCOc1c(Cl)cc(/C=C2/NC(=O)N(C)C2=O)cc1OC. The van der Waals surface area contributed by atoms with E-state index in [1.165, 1.54) is 20.2 Å². The van der Waals surface area contributed by atoms with Gasteiger partial charge in [-0.1, -0.05) is 11.6 Å². The van der Waals surface area contributed by atoms with Gasteiger partial charge in [-0.25, -0.2) is 4.79 Å². The molecule has 1 aliphatic rings. The van der Waals surface area contributed by atoms with Crippen LogP contribution in [0.5, 0.6) is 11.5 Å². The number of hydrogen-bond acceptors (Lipinski definition) is 4. The number of carbonyl (C=O) groups is 2. The molecule has 1 heterocycles. The number of methoxy groups -OCH3 is 1. The molecule has 0 saturated carbocycles. The molecule has 7 heteroatoms. The Bertz CT molecular complexity index is 628. The van der Waals surface area contributed by atoms with E-state index in [0.717, 1.165) is 4.90 Å². The highest BCUT2D eigenvalue weighted by Crippen LogP contribution is 2.37. The summed E-state index contributed by atoms with van der Waals surface area (Å²) in [5.74, 6) is 0.507. The number of halogens is 1. The molecule has 1 saturated heterocycles. The maximum Gasteiger partial charge on any atom is 0.328 e. The molecule has 0 aromatic heterocycles. The number of carbonyl (C=O) groups excluding carboxylic acids is 2. The zero-order valence-electron chi connectivity index (χ0n) is 11.9. The van der Waals surface area contributed by atoms with Crippen LogP contribution >= 0.6 is 11.6 Å². The van der Waals surface area contributed by atoms with Crippen LogP contribution < -0.4 is 14.8 Å². The average molecular weight is 311 g/mol. The summed E-state index contributed by atoms with van der Waals surface area (Å²) >= 11 is 6.15. The number of ether oxygens (including phenoxy) is 2. The minimum Gasteiger partial charge on any atom is -0.493 e. The average Bonchev–Trinajstić information content (AvgIpc) is 2.69. The third kappa shape index (κ3) is 2.95. The van der Waals surface area contributed by atoms with Crippen LogP contribution in [0.25, 0.3) is 6.08 Å². The van der Waals surface area contributed by atoms with E-state index < -0.39 is 11.9 Å². The number of amides is 3. The molecule has 1 N–H and O–H groups in total. The zero-order chi connectivity index (χ0) is 15.6. The summed E-state index contributed by atoms with van der Waals surface area (Å²) in [6, 6.07) is 2.86. The van der Waals surface area contributed by atoms with Crippen molar-refractivity contribution < 1.29 is 19.1 Å². The lowest BCUT2D eigenvalue weighted by Gasteiger charge is -2.12. The van der Waals surface area contributed by atoms with E-state index in [1.807, 2.05) is 6.92 Å². The Morgan fingerprint density at radius 3 is 2.62 bits per heavy atom. The van der Waals surface area contributed by atoms with Gasteiger partial charge in [0.05, 0.1) is 18.7 Å². The van der Waals surface area contributed by atoms with Crippen molar-refractivity contribution in [1.29, 1.82) is 0 Å². The Morgan fingerprint density at radius 1 is 1.38 bits per heavy atom. The molecule has 1 fully saturated rings. The zero-order valence-corrected chi connectivity index (χ0v) is 12.7. The van der Waals surface area contributed by atoms with Gasteiger partial charge in [0, 0.05) is 7.05 Å². The Balaban J connectivity index is 2.40. The fourth-order valence-corrected chi connectivity index (χ4v) is 2.17. The molecule has 0 radical (unpaired) electrons. The third-order valence-electron chi connectivity index (χ3n) is 2.93. The van der Waals surface area contributed by atoms with Crippen LogP contribution in [0.15, 0.2) is 17.8 Å². The molecule has 1 aliphatic heterocycles. The fraction of sp³-hybridized carbons (Fsp3) is 0.286. The Kier molecular flexibility index (Phi) is 4.37. The van der Waals surface area contributed by atoms with E-state index in [0.29, 0.717) is 28.7 Å². The van der Waals surface area contributed by atoms with Crippen molar-refractivity contribution in [3.63, 3.8) is 0 Å². The number of nitrogens with one attached hydrogen (secondary N) is 1. The second-order valence-electron chi connectivity index (χ2n) is 4.32. The lowest BCUT2D eigenvalue weighted by molar-refractivity contribution is -0.121. The van der Waals surface area contributed by atoms with Crippen molar-refractivity contribution in [3.05, 3.63) is 28.4 Å². The van der Waals surface area contributed by atoms with Crippen LogP contribution in [0.3, 0.4) is 0 Å². The molecule has 0 atom stereocenters. The lowest BCUT2D eigenvalue weighted by atomic mass is 10.1. The van der Waals surface area contributed by atoms with E-state index >= 15 is 0 Å². The third-order valence-corrected chi connectivity index (χ3v) is 3.21. The first-order chi connectivity index (χ1) is 9.97. The molecular weight excluding hydrogens is 296 g/mol. The molecule has 2 rings (SSSR count). The van der Waals surface area contributed by atoms with E-state index in [1.54, 1.807) is 12.1 Å². The number of benzene rings is 1. The molecule has 6 nitrogen and oxygen atoms in total. The Labute approximate surface area is 127 Å². The van der Waals surface area contributed by atoms with Gasteiger partial charge < -0.3 is 14.8 Å². The summed E-state index contributed by atoms with van der Waals surface area (Å²) in [5, 5.41) is 2.85. The van der Waals surface area contributed by atoms with Crippen LogP contribution in [0.4, 0.5) is 4.79 Å². The van der Waals surface area contributed by atoms with Crippen LogP contribution in [0, 0.1) is 0 Å². The topological polar surface area (TPSA) is 67.9 Å². The number of likely N-dealkylation sites (N-methyl/N-ethyl adjacent to an activating group) is 1. The van der Waals surface area contributed by atoms with Gasteiger partial charge >= 0.3 is 6.03 Å². The van der Waals surface area contributed by atoms with Crippen molar-refractivity contribution >= 4 is 29.6 Å².